The fourth-order valence-electron chi connectivity index (χ4n) is 1.68. The molecule has 76 valence electrons. The first kappa shape index (κ1) is 12.5. The number of hydrogen-bond acceptors (Lipinski definition) is 0. The molecule has 0 rings (SSSR count). The molecule has 0 N–H and O–H groups in total. The highest BCUT2D eigenvalue weighted by molar-refractivity contribution is 5.02. The molecular formula is C13H24. The van der Waals surface area contributed by atoms with Crippen molar-refractivity contribution in [3.63, 3.8) is 0 Å². The molecule has 0 saturated carbocycles. The Morgan fingerprint density at radius 2 is 2.00 bits per heavy atom. The molecule has 0 unspecified atom stereocenters. The van der Waals surface area contributed by atoms with Gasteiger partial charge in [0.2, 0.25) is 0 Å². The third-order valence-electron chi connectivity index (χ3n) is 2.24. The van der Waals surface area contributed by atoms with E-state index in [4.69, 9.17) is 0 Å². The third-order valence-corrected chi connectivity index (χ3v) is 2.24. The lowest BCUT2D eigenvalue weighted by atomic mass is 9.83. The maximum Gasteiger partial charge on any atom is -0.0268 e. The van der Waals surface area contributed by atoms with Gasteiger partial charge in [-0.2, -0.15) is 0 Å². The van der Waals surface area contributed by atoms with E-state index in [1.165, 1.54) is 24.8 Å². The first-order valence-corrected chi connectivity index (χ1v) is 5.28. The molecule has 0 aliphatic carbocycles. The number of hydrogen-bond donors (Lipinski definition) is 0. The topological polar surface area (TPSA) is 0 Å². The molecule has 0 saturated heterocycles. The maximum absolute atomic E-state index is 3.80. The minimum atomic E-state index is 0.385. The summed E-state index contributed by atoms with van der Waals surface area (Å²) >= 11 is 0. The van der Waals surface area contributed by atoms with E-state index in [1.807, 2.05) is 6.08 Å². The Hall–Kier alpha value is -0.520. The monoisotopic (exact) mass is 180 g/mol. The van der Waals surface area contributed by atoms with E-state index >= 15 is 0 Å². The normalized spacial score (nSPS) is 13.1. The Morgan fingerprint density at radius 1 is 1.38 bits per heavy atom. The molecular weight excluding hydrogens is 156 g/mol. The van der Waals surface area contributed by atoms with Gasteiger partial charge in [-0.25, -0.2) is 0 Å². The van der Waals surface area contributed by atoms with Crippen LogP contribution in [0.25, 0.3) is 0 Å². The van der Waals surface area contributed by atoms with Gasteiger partial charge in [-0.15, -0.1) is 6.58 Å². The fourth-order valence-corrected chi connectivity index (χ4v) is 1.68. The lowest BCUT2D eigenvalue weighted by Crippen LogP contribution is -2.10. The molecule has 13 heavy (non-hydrogen) atoms. The second-order valence-electron chi connectivity index (χ2n) is 4.67. The molecule has 0 bridgehead atoms. The largest absolute Gasteiger partial charge is 0.103 e. The molecule has 0 aromatic heterocycles. The molecule has 0 heterocycles. The SMILES string of the molecule is C=CCC(C)(C)CC(C)=CCCC. The van der Waals surface area contributed by atoms with E-state index in [-0.39, 0.29) is 0 Å². The van der Waals surface area contributed by atoms with Crippen LogP contribution < -0.4 is 0 Å². The van der Waals surface area contributed by atoms with Gasteiger partial charge in [0.05, 0.1) is 0 Å². The van der Waals surface area contributed by atoms with Gasteiger partial charge in [-0.3, -0.25) is 0 Å². The summed E-state index contributed by atoms with van der Waals surface area (Å²) in [5.74, 6) is 0. The molecule has 0 atom stereocenters. The van der Waals surface area contributed by atoms with Crippen LogP contribution >= 0.6 is 0 Å². The Bertz CT molecular complexity index is 172. The molecule has 0 spiro atoms. The van der Waals surface area contributed by atoms with Gasteiger partial charge >= 0.3 is 0 Å². The fraction of sp³-hybridized carbons (Fsp3) is 0.692. The van der Waals surface area contributed by atoms with Crippen LogP contribution in [0.1, 0.15) is 53.4 Å². The van der Waals surface area contributed by atoms with Crippen LogP contribution in [0.3, 0.4) is 0 Å². The van der Waals surface area contributed by atoms with Crippen LogP contribution in [-0.4, -0.2) is 0 Å². The van der Waals surface area contributed by atoms with Crippen LogP contribution in [0, 0.1) is 5.41 Å². The van der Waals surface area contributed by atoms with Gasteiger partial charge in [0.25, 0.3) is 0 Å². The van der Waals surface area contributed by atoms with Gasteiger partial charge in [0.1, 0.15) is 0 Å². The maximum atomic E-state index is 3.80. The molecule has 0 aromatic carbocycles. The summed E-state index contributed by atoms with van der Waals surface area (Å²) in [6.45, 7) is 12.9. The molecule has 0 radical (unpaired) electrons. The van der Waals surface area contributed by atoms with Gasteiger partial charge < -0.3 is 0 Å². The summed E-state index contributed by atoms with van der Waals surface area (Å²) in [4.78, 5) is 0. The predicted octanol–water partition coefficient (Wildman–Crippen LogP) is 4.73. The lowest BCUT2D eigenvalue weighted by Gasteiger charge is -2.23. The Morgan fingerprint density at radius 3 is 2.46 bits per heavy atom. The number of unbranched alkanes of at least 4 members (excludes halogenated alkanes) is 1. The van der Waals surface area contributed by atoms with E-state index in [0.717, 1.165) is 6.42 Å². The van der Waals surface area contributed by atoms with E-state index in [0.29, 0.717) is 5.41 Å². The van der Waals surface area contributed by atoms with Crippen molar-refractivity contribution in [1.82, 2.24) is 0 Å². The second kappa shape index (κ2) is 6.01. The van der Waals surface area contributed by atoms with Crippen LogP contribution in [0.4, 0.5) is 0 Å². The molecule has 0 nitrogen and oxygen atoms in total. The van der Waals surface area contributed by atoms with Crippen molar-refractivity contribution in [2.75, 3.05) is 0 Å². The highest BCUT2D eigenvalue weighted by Crippen LogP contribution is 2.29. The summed E-state index contributed by atoms with van der Waals surface area (Å²) < 4.78 is 0. The Labute approximate surface area is 83.7 Å². The summed E-state index contributed by atoms with van der Waals surface area (Å²) in [5.41, 5.74) is 1.91. The van der Waals surface area contributed by atoms with Gasteiger partial charge in [0.15, 0.2) is 0 Å². The van der Waals surface area contributed by atoms with Crippen molar-refractivity contribution >= 4 is 0 Å². The minimum Gasteiger partial charge on any atom is -0.103 e. The number of rotatable bonds is 6. The van der Waals surface area contributed by atoms with Crippen LogP contribution in [-0.2, 0) is 0 Å². The van der Waals surface area contributed by atoms with E-state index < -0.39 is 0 Å². The van der Waals surface area contributed by atoms with Crippen molar-refractivity contribution < 1.29 is 0 Å². The average molecular weight is 180 g/mol. The summed E-state index contributed by atoms with van der Waals surface area (Å²) in [5, 5.41) is 0. The summed E-state index contributed by atoms with van der Waals surface area (Å²) in [6.07, 6.45) is 9.15. The molecule has 0 heteroatoms. The van der Waals surface area contributed by atoms with Crippen molar-refractivity contribution in [3.8, 4) is 0 Å². The quantitative estimate of drug-likeness (QED) is 0.519. The van der Waals surface area contributed by atoms with E-state index in [9.17, 15) is 0 Å². The first-order valence-electron chi connectivity index (χ1n) is 5.28. The van der Waals surface area contributed by atoms with Crippen molar-refractivity contribution in [2.24, 2.45) is 5.41 Å². The Balaban J connectivity index is 4.01. The molecule has 0 aliphatic rings. The summed E-state index contributed by atoms with van der Waals surface area (Å²) in [6, 6.07) is 0. The van der Waals surface area contributed by atoms with Crippen molar-refractivity contribution in [1.29, 1.82) is 0 Å². The smallest absolute Gasteiger partial charge is 0.0268 e. The number of allylic oxidation sites excluding steroid dienone is 3. The molecule has 0 amide bonds. The Kier molecular flexibility index (Phi) is 5.77. The van der Waals surface area contributed by atoms with Crippen LogP contribution in [0.15, 0.2) is 24.3 Å². The van der Waals surface area contributed by atoms with Crippen LogP contribution in [0.2, 0.25) is 0 Å². The standard InChI is InChI=1S/C13H24/c1-6-8-9-12(3)11-13(4,5)10-7-2/h7,9H,2,6,8,10-11H2,1,3-5H3. The average Bonchev–Trinajstić information content (AvgIpc) is 1.99. The van der Waals surface area contributed by atoms with Crippen molar-refractivity contribution in [2.45, 2.75) is 53.4 Å². The van der Waals surface area contributed by atoms with Crippen LogP contribution in [0.5, 0.6) is 0 Å². The van der Waals surface area contributed by atoms with Gasteiger partial charge in [-0.05, 0) is 31.6 Å². The highest BCUT2D eigenvalue weighted by Gasteiger charge is 2.15. The van der Waals surface area contributed by atoms with E-state index in [1.54, 1.807) is 0 Å². The molecule has 0 fully saturated rings. The minimum absolute atomic E-state index is 0.385. The van der Waals surface area contributed by atoms with Gasteiger partial charge in [-0.1, -0.05) is 44.9 Å². The zero-order chi connectivity index (χ0) is 10.3. The van der Waals surface area contributed by atoms with Crippen molar-refractivity contribution in [3.05, 3.63) is 24.3 Å². The third kappa shape index (κ3) is 6.62. The zero-order valence-corrected chi connectivity index (χ0v) is 9.69. The summed E-state index contributed by atoms with van der Waals surface area (Å²) in [7, 11) is 0. The second-order valence-corrected chi connectivity index (χ2v) is 4.67. The highest BCUT2D eigenvalue weighted by atomic mass is 14.2. The van der Waals surface area contributed by atoms with E-state index in [2.05, 4.69) is 40.3 Å². The molecule has 0 aliphatic heterocycles. The first-order chi connectivity index (χ1) is 6.02. The zero-order valence-electron chi connectivity index (χ0n) is 9.69. The van der Waals surface area contributed by atoms with Gasteiger partial charge in [0, 0.05) is 0 Å². The predicted molar refractivity (Wildman–Crippen MR) is 61.9 cm³/mol. The molecule has 0 aromatic rings. The lowest BCUT2D eigenvalue weighted by molar-refractivity contribution is 0.367.